The molecule has 0 saturated carbocycles. The number of nitrogens with zero attached hydrogens (tertiary/aromatic N) is 4. The molecule has 1 aromatic rings. The number of nitrogens with one attached hydrogen (secondary N) is 2. The number of aliphatic imine (C=N–C) groups is 1. The third-order valence-corrected chi connectivity index (χ3v) is 5.34. The fraction of sp³-hybridized carbons (Fsp3) is 0.800. The predicted molar refractivity (Wildman–Crippen MR) is 126 cm³/mol. The molecule has 29 heavy (non-hydrogen) atoms. The first-order valence-electron chi connectivity index (χ1n) is 10.6. The molecule has 2 rings (SSSR count). The van der Waals surface area contributed by atoms with E-state index < -0.39 is 0 Å². The minimum Gasteiger partial charge on any atom is -0.356 e. The van der Waals surface area contributed by atoms with E-state index in [2.05, 4.69) is 39.6 Å². The van der Waals surface area contributed by atoms with Gasteiger partial charge in [-0.2, -0.15) is 4.98 Å². The number of likely N-dealkylation sites (tertiary alicyclic amines) is 1. The molecule has 1 fully saturated rings. The molecule has 0 radical (unpaired) electrons. The molecule has 0 aliphatic carbocycles. The molecule has 0 spiro atoms. The molecule has 2 N–H and O–H groups in total. The van der Waals surface area contributed by atoms with E-state index >= 15 is 0 Å². The summed E-state index contributed by atoms with van der Waals surface area (Å²) < 4.78 is 5.26. The van der Waals surface area contributed by atoms with Gasteiger partial charge in [0, 0.05) is 51.0 Å². The lowest BCUT2D eigenvalue weighted by atomic mass is 9.98. The third-order valence-electron chi connectivity index (χ3n) is 5.34. The van der Waals surface area contributed by atoms with E-state index in [1.54, 1.807) is 7.05 Å². The Labute approximate surface area is 191 Å². The number of amides is 1. The van der Waals surface area contributed by atoms with E-state index in [1.807, 2.05) is 18.7 Å². The van der Waals surface area contributed by atoms with Crippen molar-refractivity contribution in [3.63, 3.8) is 0 Å². The van der Waals surface area contributed by atoms with Gasteiger partial charge in [0.25, 0.3) is 0 Å². The normalized spacial score (nSPS) is 15.6. The number of hydrogen-bond donors (Lipinski definition) is 2. The smallest absolute Gasteiger partial charge is 0.228 e. The minimum absolute atomic E-state index is 0. The Hall–Kier alpha value is -1.39. The molecule has 1 aromatic heterocycles. The topological polar surface area (TPSA) is 95.7 Å². The second-order valence-electron chi connectivity index (χ2n) is 7.71. The van der Waals surface area contributed by atoms with Gasteiger partial charge >= 0.3 is 0 Å². The summed E-state index contributed by atoms with van der Waals surface area (Å²) in [6.45, 7) is 10.6. The zero-order chi connectivity index (χ0) is 20.5. The Bertz CT molecular complexity index is 637. The monoisotopic (exact) mass is 520 g/mol. The number of piperidine rings is 1. The summed E-state index contributed by atoms with van der Waals surface area (Å²) in [6.07, 6.45) is 4.37. The van der Waals surface area contributed by atoms with Crippen LogP contribution in [0.3, 0.4) is 0 Å². The summed E-state index contributed by atoms with van der Waals surface area (Å²) in [5.74, 6) is 2.90. The van der Waals surface area contributed by atoms with E-state index in [-0.39, 0.29) is 35.8 Å². The van der Waals surface area contributed by atoms with Gasteiger partial charge in [-0.25, -0.2) is 0 Å². The van der Waals surface area contributed by atoms with Crippen LogP contribution in [-0.4, -0.2) is 59.6 Å². The van der Waals surface area contributed by atoms with Gasteiger partial charge in [-0.3, -0.25) is 9.79 Å². The zero-order valence-electron chi connectivity index (χ0n) is 18.4. The third kappa shape index (κ3) is 7.75. The summed E-state index contributed by atoms with van der Waals surface area (Å²) in [4.78, 5) is 23.2. The average molecular weight is 520 g/mol. The molecule has 1 aliphatic rings. The van der Waals surface area contributed by atoms with Gasteiger partial charge in [-0.15, -0.1) is 24.0 Å². The van der Waals surface area contributed by atoms with Crippen molar-refractivity contribution in [2.24, 2.45) is 10.9 Å². The lowest BCUT2D eigenvalue weighted by Crippen LogP contribution is -2.50. The van der Waals surface area contributed by atoms with Gasteiger partial charge in [-0.05, 0) is 25.7 Å². The Morgan fingerprint density at radius 3 is 2.45 bits per heavy atom. The van der Waals surface area contributed by atoms with E-state index in [0.717, 1.165) is 50.6 Å². The first-order valence-corrected chi connectivity index (χ1v) is 10.6. The van der Waals surface area contributed by atoms with Gasteiger partial charge in [-0.1, -0.05) is 32.9 Å². The van der Waals surface area contributed by atoms with Gasteiger partial charge in [0.05, 0.1) is 0 Å². The maximum Gasteiger partial charge on any atom is 0.228 e. The highest BCUT2D eigenvalue weighted by atomic mass is 127. The average Bonchev–Trinajstić information content (AvgIpc) is 3.18. The Kier molecular flexibility index (Phi) is 11.5. The van der Waals surface area contributed by atoms with Crippen LogP contribution in [0.25, 0.3) is 0 Å². The number of rotatable bonds is 8. The second-order valence-corrected chi connectivity index (χ2v) is 7.71. The van der Waals surface area contributed by atoms with Crippen LogP contribution in [-0.2, 0) is 11.2 Å². The molecule has 0 bridgehead atoms. The number of carbonyl (C=O) groups is 1. The predicted octanol–water partition coefficient (Wildman–Crippen LogP) is 2.95. The number of halogens is 1. The number of aromatic nitrogens is 2. The van der Waals surface area contributed by atoms with Crippen LogP contribution >= 0.6 is 24.0 Å². The van der Waals surface area contributed by atoms with Gasteiger partial charge < -0.3 is 20.1 Å². The van der Waals surface area contributed by atoms with Crippen LogP contribution in [0.1, 0.15) is 71.0 Å². The molecule has 1 saturated heterocycles. The van der Waals surface area contributed by atoms with Crippen molar-refractivity contribution in [1.82, 2.24) is 25.7 Å². The van der Waals surface area contributed by atoms with Crippen molar-refractivity contribution < 1.29 is 9.32 Å². The van der Waals surface area contributed by atoms with Crippen molar-refractivity contribution in [1.29, 1.82) is 0 Å². The van der Waals surface area contributed by atoms with Gasteiger partial charge in [0.15, 0.2) is 11.8 Å². The molecular formula is C20H37IN6O2. The highest BCUT2D eigenvalue weighted by molar-refractivity contribution is 14.0. The maximum atomic E-state index is 12.5. The van der Waals surface area contributed by atoms with Crippen LogP contribution in [0.4, 0.5) is 0 Å². The molecule has 1 amide bonds. The van der Waals surface area contributed by atoms with E-state index in [9.17, 15) is 4.79 Å². The van der Waals surface area contributed by atoms with Crippen molar-refractivity contribution in [2.45, 2.75) is 71.8 Å². The first kappa shape index (κ1) is 25.6. The van der Waals surface area contributed by atoms with Crippen LogP contribution in [0.2, 0.25) is 0 Å². The molecule has 0 unspecified atom stereocenters. The molecule has 0 atom stereocenters. The molecule has 1 aliphatic heterocycles. The van der Waals surface area contributed by atoms with Crippen LogP contribution < -0.4 is 10.6 Å². The van der Waals surface area contributed by atoms with Crippen molar-refractivity contribution in [3.05, 3.63) is 11.7 Å². The number of carbonyl (C=O) groups excluding carboxylic acids is 1. The van der Waals surface area contributed by atoms with Crippen molar-refractivity contribution in [2.75, 3.05) is 26.7 Å². The summed E-state index contributed by atoms with van der Waals surface area (Å²) in [7, 11) is 1.77. The SMILES string of the molecule is CCC(CC)C(=O)N1CCC(NC(=NC)NCCc2nc(C(C)C)no2)CC1.I. The van der Waals surface area contributed by atoms with E-state index in [0.29, 0.717) is 30.8 Å². The molecule has 0 aromatic carbocycles. The molecular weight excluding hydrogens is 483 g/mol. The Morgan fingerprint density at radius 1 is 1.28 bits per heavy atom. The fourth-order valence-corrected chi connectivity index (χ4v) is 3.42. The summed E-state index contributed by atoms with van der Waals surface area (Å²) in [5.41, 5.74) is 0. The molecule has 9 heteroatoms. The van der Waals surface area contributed by atoms with E-state index in [4.69, 9.17) is 4.52 Å². The number of guanidine groups is 1. The largest absolute Gasteiger partial charge is 0.356 e. The highest BCUT2D eigenvalue weighted by Crippen LogP contribution is 2.17. The van der Waals surface area contributed by atoms with Crippen molar-refractivity contribution in [3.8, 4) is 0 Å². The highest BCUT2D eigenvalue weighted by Gasteiger charge is 2.26. The van der Waals surface area contributed by atoms with Crippen molar-refractivity contribution >= 4 is 35.8 Å². The van der Waals surface area contributed by atoms with Crippen LogP contribution in [0, 0.1) is 5.92 Å². The van der Waals surface area contributed by atoms with Crippen LogP contribution in [0.15, 0.2) is 9.52 Å². The fourth-order valence-electron chi connectivity index (χ4n) is 3.42. The van der Waals surface area contributed by atoms with Crippen LogP contribution in [0.5, 0.6) is 0 Å². The quantitative estimate of drug-likeness (QED) is 0.311. The molecule has 2 heterocycles. The Morgan fingerprint density at radius 2 is 1.93 bits per heavy atom. The summed E-state index contributed by atoms with van der Waals surface area (Å²) in [5, 5.41) is 10.8. The summed E-state index contributed by atoms with van der Waals surface area (Å²) >= 11 is 0. The second kappa shape index (κ2) is 13.0. The molecule has 8 nitrogen and oxygen atoms in total. The van der Waals surface area contributed by atoms with Gasteiger partial charge in [0.2, 0.25) is 11.8 Å². The zero-order valence-corrected chi connectivity index (χ0v) is 20.7. The minimum atomic E-state index is 0. The molecule has 166 valence electrons. The Balaban J connectivity index is 0.00000420. The van der Waals surface area contributed by atoms with E-state index in [1.165, 1.54) is 0 Å². The summed E-state index contributed by atoms with van der Waals surface area (Å²) in [6, 6.07) is 0.327. The lowest BCUT2D eigenvalue weighted by Gasteiger charge is -2.34. The lowest BCUT2D eigenvalue weighted by molar-refractivity contribution is -0.136. The van der Waals surface area contributed by atoms with Gasteiger partial charge in [0.1, 0.15) is 0 Å². The maximum absolute atomic E-state index is 12.5. The first-order chi connectivity index (χ1) is 13.5. The number of hydrogen-bond acceptors (Lipinski definition) is 5. The standard InChI is InChI=1S/C20H36N6O2.HI/c1-6-15(7-2)19(27)26-12-9-16(10-13-26)23-20(21-5)22-11-8-17-24-18(14(3)4)25-28-17;/h14-16H,6-13H2,1-5H3,(H2,21,22,23);1H.